The number of para-hydroxylation sites is 1. The van der Waals surface area contributed by atoms with Gasteiger partial charge < -0.3 is 4.74 Å². The summed E-state index contributed by atoms with van der Waals surface area (Å²) in [5.74, 6) is 0.266. The molecule has 3 rings (SSSR count). The van der Waals surface area contributed by atoms with E-state index in [2.05, 4.69) is 13.0 Å². The second-order valence-corrected chi connectivity index (χ2v) is 6.17. The lowest BCUT2D eigenvalue weighted by molar-refractivity contribution is 0.0502. The first-order chi connectivity index (χ1) is 11.2. The predicted octanol–water partition coefficient (Wildman–Crippen LogP) is 3.82. The third-order valence-electron chi connectivity index (χ3n) is 4.38. The molecule has 0 bridgehead atoms. The van der Waals surface area contributed by atoms with E-state index in [0.717, 1.165) is 41.4 Å². The fraction of sp³-hybridized carbons (Fsp3) is 0.421. The fourth-order valence-corrected chi connectivity index (χ4v) is 3.18. The van der Waals surface area contributed by atoms with Crippen LogP contribution in [0.4, 0.5) is 0 Å². The van der Waals surface area contributed by atoms with Gasteiger partial charge in [-0.3, -0.25) is 4.98 Å². The van der Waals surface area contributed by atoms with Crippen molar-refractivity contribution in [1.29, 1.82) is 5.26 Å². The van der Waals surface area contributed by atoms with Crippen LogP contribution in [0.2, 0.25) is 0 Å². The van der Waals surface area contributed by atoms with E-state index < -0.39 is 0 Å². The topological polar surface area (TPSA) is 63.0 Å². The maximum Gasteiger partial charge on any atom is 0.339 e. The molecule has 1 aromatic carbocycles. The standard InChI is InChI=1S/C19H20N2O2/c1-13-8-9-17-15(12-13)18(19(22)23-11-5-4-10-20)14-6-2-3-7-16(14)21-17/h2-3,6-7,13H,4-5,8-9,11-12H2,1H3/t13-/m1/s1. The van der Waals surface area contributed by atoms with Crippen LogP contribution in [0.3, 0.4) is 0 Å². The summed E-state index contributed by atoms with van der Waals surface area (Å²) in [6, 6.07) is 9.81. The summed E-state index contributed by atoms with van der Waals surface area (Å²) in [7, 11) is 0. The third-order valence-corrected chi connectivity index (χ3v) is 4.38. The molecule has 1 atom stereocenters. The van der Waals surface area contributed by atoms with Crippen molar-refractivity contribution in [2.24, 2.45) is 5.92 Å². The molecule has 2 aromatic rings. The van der Waals surface area contributed by atoms with Crippen molar-refractivity contribution in [3.05, 3.63) is 41.1 Å². The zero-order chi connectivity index (χ0) is 16.2. The molecule has 1 aromatic heterocycles. The second-order valence-electron chi connectivity index (χ2n) is 6.17. The summed E-state index contributed by atoms with van der Waals surface area (Å²) in [6.07, 6.45) is 3.87. The number of unbranched alkanes of at least 4 members (excludes halogenated alkanes) is 1. The van der Waals surface area contributed by atoms with Gasteiger partial charge in [0.25, 0.3) is 0 Å². The van der Waals surface area contributed by atoms with E-state index >= 15 is 0 Å². The molecule has 0 unspecified atom stereocenters. The van der Waals surface area contributed by atoms with Crippen LogP contribution in [0.5, 0.6) is 0 Å². The molecular formula is C19H20N2O2. The van der Waals surface area contributed by atoms with Gasteiger partial charge in [-0.15, -0.1) is 0 Å². The van der Waals surface area contributed by atoms with Crippen LogP contribution in [0.1, 0.15) is 47.8 Å². The monoisotopic (exact) mass is 308 g/mol. The summed E-state index contributed by atoms with van der Waals surface area (Å²) >= 11 is 0. The highest BCUT2D eigenvalue weighted by Gasteiger charge is 2.25. The largest absolute Gasteiger partial charge is 0.462 e. The molecule has 1 aliphatic carbocycles. The second kappa shape index (κ2) is 6.78. The number of hydrogen-bond acceptors (Lipinski definition) is 4. The normalized spacial score (nSPS) is 16.6. The number of hydrogen-bond donors (Lipinski definition) is 0. The van der Waals surface area contributed by atoms with Gasteiger partial charge in [0.15, 0.2) is 0 Å². The number of esters is 1. The van der Waals surface area contributed by atoms with Gasteiger partial charge >= 0.3 is 5.97 Å². The molecule has 1 heterocycles. The molecule has 118 valence electrons. The maximum atomic E-state index is 12.7. The summed E-state index contributed by atoms with van der Waals surface area (Å²) in [6.45, 7) is 2.49. The highest BCUT2D eigenvalue weighted by Crippen LogP contribution is 2.31. The van der Waals surface area contributed by atoms with Crippen molar-refractivity contribution in [2.45, 2.75) is 39.0 Å². The molecule has 1 aliphatic rings. The smallest absolute Gasteiger partial charge is 0.339 e. The number of benzene rings is 1. The number of aryl methyl sites for hydroxylation is 1. The van der Waals surface area contributed by atoms with Crippen LogP contribution in [-0.4, -0.2) is 17.6 Å². The quantitative estimate of drug-likeness (QED) is 0.636. The molecule has 0 spiro atoms. The van der Waals surface area contributed by atoms with Crippen LogP contribution in [-0.2, 0) is 17.6 Å². The lowest BCUT2D eigenvalue weighted by atomic mass is 9.84. The summed E-state index contributed by atoms with van der Waals surface area (Å²) in [4.78, 5) is 17.4. The average molecular weight is 308 g/mol. The number of pyridine rings is 1. The van der Waals surface area contributed by atoms with E-state index in [9.17, 15) is 4.79 Å². The third kappa shape index (κ3) is 3.19. The summed E-state index contributed by atoms with van der Waals surface area (Å²) < 4.78 is 5.42. The van der Waals surface area contributed by atoms with Gasteiger partial charge in [-0.1, -0.05) is 25.1 Å². The Morgan fingerprint density at radius 1 is 1.43 bits per heavy atom. The molecule has 0 saturated carbocycles. The molecule has 0 aliphatic heterocycles. The minimum atomic E-state index is -0.285. The van der Waals surface area contributed by atoms with Crippen LogP contribution in [0, 0.1) is 17.2 Å². The Hall–Kier alpha value is -2.41. The number of fused-ring (bicyclic) bond motifs is 2. The van der Waals surface area contributed by atoms with E-state index in [4.69, 9.17) is 15.0 Å². The van der Waals surface area contributed by atoms with Gasteiger partial charge in [0.2, 0.25) is 0 Å². The lowest BCUT2D eigenvalue weighted by Gasteiger charge is -2.24. The van der Waals surface area contributed by atoms with Crippen molar-refractivity contribution in [3.8, 4) is 6.07 Å². The maximum absolute atomic E-state index is 12.7. The zero-order valence-corrected chi connectivity index (χ0v) is 13.3. The van der Waals surface area contributed by atoms with Gasteiger partial charge in [-0.05, 0) is 43.2 Å². The fourth-order valence-electron chi connectivity index (χ4n) is 3.18. The molecule has 0 saturated heterocycles. The number of carbonyl (C=O) groups excluding carboxylic acids is 1. The van der Waals surface area contributed by atoms with Gasteiger partial charge in [-0.2, -0.15) is 5.26 Å². The van der Waals surface area contributed by atoms with Crippen molar-refractivity contribution in [1.82, 2.24) is 4.98 Å². The number of rotatable bonds is 4. The molecule has 0 N–H and O–H groups in total. The van der Waals surface area contributed by atoms with Crippen LogP contribution in [0.25, 0.3) is 10.9 Å². The van der Waals surface area contributed by atoms with E-state index in [1.165, 1.54) is 0 Å². The Kier molecular flexibility index (Phi) is 4.57. The van der Waals surface area contributed by atoms with Crippen LogP contribution >= 0.6 is 0 Å². The molecule has 0 radical (unpaired) electrons. The molecule has 23 heavy (non-hydrogen) atoms. The molecule has 4 nitrogen and oxygen atoms in total. The average Bonchev–Trinajstić information content (AvgIpc) is 2.56. The SMILES string of the molecule is C[C@@H]1CCc2nc3ccccc3c(C(=O)OCCCC#N)c2C1. The van der Waals surface area contributed by atoms with Crippen molar-refractivity contribution in [3.63, 3.8) is 0 Å². The first kappa shape index (κ1) is 15.5. The Balaban J connectivity index is 2.01. The predicted molar refractivity (Wildman–Crippen MR) is 88.1 cm³/mol. The highest BCUT2D eigenvalue weighted by atomic mass is 16.5. The number of nitrogens with zero attached hydrogens (tertiary/aromatic N) is 2. The molecule has 0 fully saturated rings. The van der Waals surface area contributed by atoms with Gasteiger partial charge in [-0.25, -0.2) is 4.79 Å². The molecule has 0 amide bonds. The molecule has 4 heteroatoms. The van der Waals surface area contributed by atoms with Gasteiger partial charge in [0.1, 0.15) is 0 Å². The van der Waals surface area contributed by atoms with Gasteiger partial charge in [0.05, 0.1) is 23.8 Å². The summed E-state index contributed by atoms with van der Waals surface area (Å²) in [5.41, 5.74) is 3.61. The van der Waals surface area contributed by atoms with E-state index in [1.807, 2.05) is 24.3 Å². The lowest BCUT2D eigenvalue weighted by Crippen LogP contribution is -2.19. The Morgan fingerprint density at radius 2 is 2.26 bits per heavy atom. The highest BCUT2D eigenvalue weighted by molar-refractivity contribution is 6.05. The van der Waals surface area contributed by atoms with Crippen molar-refractivity contribution >= 4 is 16.9 Å². The Bertz CT molecular complexity index is 777. The first-order valence-electron chi connectivity index (χ1n) is 8.15. The van der Waals surface area contributed by atoms with Crippen molar-refractivity contribution < 1.29 is 9.53 Å². The minimum absolute atomic E-state index is 0.285. The Labute approximate surface area is 136 Å². The van der Waals surface area contributed by atoms with Crippen LogP contribution in [0.15, 0.2) is 24.3 Å². The Morgan fingerprint density at radius 3 is 3.09 bits per heavy atom. The van der Waals surface area contributed by atoms with E-state index in [1.54, 1.807) is 0 Å². The van der Waals surface area contributed by atoms with Crippen LogP contribution < -0.4 is 0 Å². The minimum Gasteiger partial charge on any atom is -0.462 e. The van der Waals surface area contributed by atoms with E-state index in [-0.39, 0.29) is 12.6 Å². The molecular weight excluding hydrogens is 288 g/mol. The van der Waals surface area contributed by atoms with Crippen molar-refractivity contribution in [2.75, 3.05) is 6.61 Å². The summed E-state index contributed by atoms with van der Waals surface area (Å²) in [5, 5.41) is 9.44. The number of nitriles is 1. The zero-order valence-electron chi connectivity index (χ0n) is 13.3. The number of aromatic nitrogens is 1. The number of ether oxygens (including phenoxy) is 1. The number of carbonyl (C=O) groups is 1. The first-order valence-corrected chi connectivity index (χ1v) is 8.15. The van der Waals surface area contributed by atoms with Gasteiger partial charge in [0, 0.05) is 17.5 Å². The van der Waals surface area contributed by atoms with E-state index in [0.29, 0.717) is 24.3 Å².